The van der Waals surface area contributed by atoms with Gasteiger partial charge in [-0.1, -0.05) is 18.2 Å². The molecule has 0 unspecified atom stereocenters. The van der Waals surface area contributed by atoms with E-state index in [0.29, 0.717) is 10.6 Å². The standard InChI is InChI=1S/C16H12N2O2S/c1-20-12-8-6-11(7-9-12)16(19)21-15-13-4-2-3-5-14(13)17-10-18-15/h2-10H,1H3. The predicted octanol–water partition coefficient (Wildman–Crippen LogP) is 3.57. The van der Waals surface area contributed by atoms with Gasteiger partial charge in [0.1, 0.15) is 17.1 Å². The Morgan fingerprint density at radius 1 is 1.05 bits per heavy atom. The number of rotatable bonds is 3. The second-order valence-electron chi connectivity index (χ2n) is 4.31. The SMILES string of the molecule is COc1ccc(C(=O)Sc2ncnc3ccccc23)cc1. The van der Waals surface area contributed by atoms with Crippen molar-refractivity contribution in [2.75, 3.05) is 7.11 Å². The number of carbonyl (C=O) groups excluding carboxylic acids is 1. The molecule has 4 nitrogen and oxygen atoms in total. The van der Waals surface area contributed by atoms with Gasteiger partial charge in [-0.15, -0.1) is 0 Å². The number of hydrogen-bond donors (Lipinski definition) is 0. The van der Waals surface area contributed by atoms with Crippen molar-refractivity contribution in [2.24, 2.45) is 0 Å². The van der Waals surface area contributed by atoms with Gasteiger partial charge in [-0.25, -0.2) is 9.97 Å². The molecular formula is C16H12N2O2S. The summed E-state index contributed by atoms with van der Waals surface area (Å²) in [6.45, 7) is 0. The summed E-state index contributed by atoms with van der Waals surface area (Å²) in [5.74, 6) is 0.726. The smallest absolute Gasteiger partial charge is 0.225 e. The van der Waals surface area contributed by atoms with Gasteiger partial charge in [0.15, 0.2) is 0 Å². The number of benzene rings is 2. The molecule has 0 radical (unpaired) electrons. The van der Waals surface area contributed by atoms with Crippen molar-refractivity contribution in [2.45, 2.75) is 5.03 Å². The van der Waals surface area contributed by atoms with Gasteiger partial charge >= 0.3 is 0 Å². The van der Waals surface area contributed by atoms with Crippen molar-refractivity contribution in [3.05, 3.63) is 60.4 Å². The molecule has 3 rings (SSSR count). The summed E-state index contributed by atoms with van der Waals surface area (Å²) in [6, 6.07) is 14.7. The Labute approximate surface area is 126 Å². The Kier molecular flexibility index (Phi) is 3.83. The van der Waals surface area contributed by atoms with Crippen LogP contribution in [-0.4, -0.2) is 22.2 Å². The summed E-state index contributed by atoms with van der Waals surface area (Å²) in [5, 5.41) is 1.50. The fourth-order valence-corrected chi connectivity index (χ4v) is 2.75. The lowest BCUT2D eigenvalue weighted by atomic mass is 10.2. The molecule has 104 valence electrons. The van der Waals surface area contributed by atoms with E-state index in [1.54, 1.807) is 31.4 Å². The zero-order chi connectivity index (χ0) is 14.7. The van der Waals surface area contributed by atoms with E-state index in [1.807, 2.05) is 24.3 Å². The third-order valence-electron chi connectivity index (χ3n) is 3.02. The number of thioether (sulfide) groups is 1. The highest BCUT2D eigenvalue weighted by molar-refractivity contribution is 8.14. The largest absolute Gasteiger partial charge is 0.497 e. The first-order chi connectivity index (χ1) is 10.3. The predicted molar refractivity (Wildman–Crippen MR) is 82.7 cm³/mol. The second-order valence-corrected chi connectivity index (χ2v) is 5.28. The molecule has 0 saturated heterocycles. The van der Waals surface area contributed by atoms with E-state index in [2.05, 4.69) is 9.97 Å². The minimum atomic E-state index is -0.0542. The molecule has 0 aliphatic carbocycles. The van der Waals surface area contributed by atoms with Crippen LogP contribution in [0.2, 0.25) is 0 Å². The Morgan fingerprint density at radius 3 is 2.57 bits per heavy atom. The number of nitrogens with zero attached hydrogens (tertiary/aromatic N) is 2. The van der Waals surface area contributed by atoms with Gasteiger partial charge in [0, 0.05) is 10.9 Å². The molecule has 0 aliphatic heterocycles. The molecule has 0 N–H and O–H groups in total. The van der Waals surface area contributed by atoms with Gasteiger partial charge in [-0.3, -0.25) is 4.79 Å². The van der Waals surface area contributed by atoms with Crippen LogP contribution in [-0.2, 0) is 0 Å². The molecule has 0 fully saturated rings. The van der Waals surface area contributed by atoms with Crippen LogP contribution in [0, 0.1) is 0 Å². The van der Waals surface area contributed by atoms with Crippen molar-refractivity contribution in [3.63, 3.8) is 0 Å². The van der Waals surface area contributed by atoms with E-state index in [9.17, 15) is 4.79 Å². The van der Waals surface area contributed by atoms with Crippen LogP contribution < -0.4 is 4.74 Å². The monoisotopic (exact) mass is 296 g/mol. The highest BCUT2D eigenvalue weighted by atomic mass is 32.2. The summed E-state index contributed by atoms with van der Waals surface area (Å²) < 4.78 is 5.09. The first-order valence-electron chi connectivity index (χ1n) is 6.34. The molecule has 0 bridgehead atoms. The van der Waals surface area contributed by atoms with Crippen LogP contribution in [0.15, 0.2) is 59.9 Å². The Bertz CT molecular complexity index is 782. The fourth-order valence-electron chi connectivity index (χ4n) is 1.94. The number of methoxy groups -OCH3 is 1. The lowest BCUT2D eigenvalue weighted by Crippen LogP contribution is -1.95. The van der Waals surface area contributed by atoms with Crippen molar-refractivity contribution in [1.82, 2.24) is 9.97 Å². The van der Waals surface area contributed by atoms with Crippen LogP contribution in [0.5, 0.6) is 5.75 Å². The highest BCUT2D eigenvalue weighted by Crippen LogP contribution is 2.27. The van der Waals surface area contributed by atoms with E-state index in [1.165, 1.54) is 6.33 Å². The van der Waals surface area contributed by atoms with Gasteiger partial charge in [-0.05, 0) is 42.1 Å². The maximum Gasteiger partial charge on any atom is 0.225 e. The molecule has 2 aromatic carbocycles. The second kappa shape index (κ2) is 5.93. The first kappa shape index (κ1) is 13.6. The molecule has 0 aliphatic rings. The lowest BCUT2D eigenvalue weighted by molar-refractivity contribution is 0.108. The van der Waals surface area contributed by atoms with E-state index in [4.69, 9.17) is 4.74 Å². The summed E-state index contributed by atoms with van der Waals surface area (Å²) >= 11 is 1.11. The highest BCUT2D eigenvalue weighted by Gasteiger charge is 2.12. The average molecular weight is 296 g/mol. The Hall–Kier alpha value is -2.40. The molecule has 0 atom stereocenters. The molecule has 3 aromatic rings. The molecule has 0 spiro atoms. The summed E-state index contributed by atoms with van der Waals surface area (Å²) in [7, 11) is 1.60. The van der Waals surface area contributed by atoms with Crippen molar-refractivity contribution in [1.29, 1.82) is 0 Å². The van der Waals surface area contributed by atoms with Gasteiger partial charge in [0.05, 0.1) is 12.6 Å². The van der Waals surface area contributed by atoms with E-state index in [-0.39, 0.29) is 5.12 Å². The Balaban J connectivity index is 1.89. The van der Waals surface area contributed by atoms with Gasteiger partial charge in [0.25, 0.3) is 0 Å². The van der Waals surface area contributed by atoms with E-state index < -0.39 is 0 Å². The lowest BCUT2D eigenvalue weighted by Gasteiger charge is -2.04. The maximum atomic E-state index is 12.3. The molecule has 5 heteroatoms. The molecular weight excluding hydrogens is 284 g/mol. The molecule has 1 heterocycles. The van der Waals surface area contributed by atoms with Gasteiger partial charge in [0.2, 0.25) is 5.12 Å². The number of ether oxygens (including phenoxy) is 1. The zero-order valence-corrected chi connectivity index (χ0v) is 12.1. The normalized spacial score (nSPS) is 10.5. The quantitative estimate of drug-likeness (QED) is 0.546. The number of fused-ring (bicyclic) bond motifs is 1. The van der Waals surface area contributed by atoms with Crippen molar-refractivity contribution in [3.8, 4) is 5.75 Å². The molecule has 0 saturated carbocycles. The third kappa shape index (κ3) is 2.87. The first-order valence-corrected chi connectivity index (χ1v) is 7.15. The summed E-state index contributed by atoms with van der Waals surface area (Å²) in [4.78, 5) is 20.7. The van der Waals surface area contributed by atoms with Crippen LogP contribution in [0.25, 0.3) is 10.9 Å². The van der Waals surface area contributed by atoms with E-state index >= 15 is 0 Å². The minimum Gasteiger partial charge on any atom is -0.497 e. The number of para-hydroxylation sites is 1. The number of carbonyl (C=O) groups is 1. The fraction of sp³-hybridized carbons (Fsp3) is 0.0625. The van der Waals surface area contributed by atoms with Crippen molar-refractivity contribution >= 4 is 27.8 Å². The zero-order valence-electron chi connectivity index (χ0n) is 11.3. The molecule has 21 heavy (non-hydrogen) atoms. The molecule has 1 aromatic heterocycles. The Morgan fingerprint density at radius 2 is 1.81 bits per heavy atom. The summed E-state index contributed by atoms with van der Waals surface area (Å²) in [6.07, 6.45) is 1.48. The number of aromatic nitrogens is 2. The topological polar surface area (TPSA) is 52.1 Å². The van der Waals surface area contributed by atoms with Crippen LogP contribution in [0.3, 0.4) is 0 Å². The number of hydrogen-bond acceptors (Lipinski definition) is 5. The third-order valence-corrected chi connectivity index (χ3v) is 3.96. The van der Waals surface area contributed by atoms with Gasteiger partial charge < -0.3 is 4.74 Å². The van der Waals surface area contributed by atoms with E-state index in [0.717, 1.165) is 28.4 Å². The van der Waals surface area contributed by atoms with Crippen LogP contribution in [0.4, 0.5) is 0 Å². The molecule has 0 amide bonds. The van der Waals surface area contributed by atoms with Crippen LogP contribution >= 0.6 is 11.8 Å². The van der Waals surface area contributed by atoms with Crippen molar-refractivity contribution < 1.29 is 9.53 Å². The summed E-state index contributed by atoms with van der Waals surface area (Å²) in [5.41, 5.74) is 1.45. The van der Waals surface area contributed by atoms with Crippen LogP contribution in [0.1, 0.15) is 10.4 Å². The minimum absolute atomic E-state index is 0.0542. The van der Waals surface area contributed by atoms with Gasteiger partial charge in [-0.2, -0.15) is 0 Å². The maximum absolute atomic E-state index is 12.3. The average Bonchev–Trinajstić information content (AvgIpc) is 2.55.